The van der Waals surface area contributed by atoms with Crippen molar-refractivity contribution in [3.63, 3.8) is 0 Å². The summed E-state index contributed by atoms with van der Waals surface area (Å²) in [6, 6.07) is 6.41. The lowest BCUT2D eigenvalue weighted by Gasteiger charge is -2.14. The van der Waals surface area contributed by atoms with Crippen LogP contribution in [0.15, 0.2) is 23.6 Å². The second kappa shape index (κ2) is 5.66. The fraction of sp³-hybridized carbons (Fsp3) is 0.471. The van der Waals surface area contributed by atoms with Gasteiger partial charge in [0.2, 0.25) is 0 Å². The van der Waals surface area contributed by atoms with Crippen LogP contribution in [0.3, 0.4) is 0 Å². The first-order valence-corrected chi connectivity index (χ1v) is 7.85. The lowest BCUT2D eigenvalue weighted by molar-refractivity contribution is 0.174. The quantitative estimate of drug-likeness (QED) is 0.912. The first-order chi connectivity index (χ1) is 9.25. The molecule has 0 radical (unpaired) electrons. The monoisotopic (exact) mass is 289 g/mol. The molecule has 108 valence electrons. The average Bonchev–Trinajstić information content (AvgIpc) is 2.75. The molecule has 0 saturated carbocycles. The second-order valence-electron chi connectivity index (χ2n) is 6.54. The van der Waals surface area contributed by atoms with Crippen molar-refractivity contribution in [3.05, 3.63) is 51.0 Å². The minimum absolute atomic E-state index is 0.0442. The van der Waals surface area contributed by atoms with Crippen LogP contribution in [-0.2, 0) is 11.8 Å². The fourth-order valence-corrected chi connectivity index (χ4v) is 3.25. The summed E-state index contributed by atoms with van der Waals surface area (Å²) in [6.07, 6.45) is 0.0964. The third kappa shape index (κ3) is 3.68. The van der Waals surface area contributed by atoms with Crippen molar-refractivity contribution in [1.82, 2.24) is 4.98 Å². The minimum atomic E-state index is -0.524. The molecule has 1 aromatic heterocycles. The van der Waals surface area contributed by atoms with Gasteiger partial charge in [0.1, 0.15) is 6.10 Å². The molecule has 1 unspecified atom stereocenters. The SMILES string of the molecule is Cc1cc(C)cc(CC(O)c2csc(C(C)(C)C)n2)c1. The number of aryl methyl sites for hydroxylation is 2. The van der Waals surface area contributed by atoms with E-state index in [2.05, 4.69) is 57.8 Å². The van der Waals surface area contributed by atoms with E-state index in [0.717, 1.165) is 10.7 Å². The number of aliphatic hydroxyl groups is 1. The van der Waals surface area contributed by atoms with E-state index in [1.165, 1.54) is 16.7 Å². The Labute approximate surface area is 125 Å². The molecule has 0 saturated heterocycles. The molecule has 0 fully saturated rings. The van der Waals surface area contributed by atoms with Crippen LogP contribution in [0, 0.1) is 13.8 Å². The molecule has 1 heterocycles. The number of thiazole rings is 1. The van der Waals surface area contributed by atoms with Gasteiger partial charge in [0, 0.05) is 17.2 Å². The molecular weight excluding hydrogens is 266 g/mol. The second-order valence-corrected chi connectivity index (χ2v) is 7.40. The lowest BCUT2D eigenvalue weighted by atomic mass is 9.98. The third-order valence-electron chi connectivity index (χ3n) is 3.22. The molecule has 0 bridgehead atoms. The molecule has 0 aliphatic rings. The lowest BCUT2D eigenvalue weighted by Crippen LogP contribution is -2.11. The summed E-state index contributed by atoms with van der Waals surface area (Å²) in [7, 11) is 0. The highest BCUT2D eigenvalue weighted by Crippen LogP contribution is 2.29. The maximum Gasteiger partial charge on any atom is 0.101 e. The summed E-state index contributed by atoms with van der Waals surface area (Å²) in [6.45, 7) is 10.6. The molecule has 0 spiro atoms. The molecule has 3 heteroatoms. The van der Waals surface area contributed by atoms with Crippen molar-refractivity contribution in [1.29, 1.82) is 0 Å². The number of benzene rings is 1. The Balaban J connectivity index is 2.15. The first-order valence-electron chi connectivity index (χ1n) is 6.97. The van der Waals surface area contributed by atoms with Gasteiger partial charge in [-0.25, -0.2) is 4.98 Å². The highest BCUT2D eigenvalue weighted by Gasteiger charge is 2.20. The van der Waals surface area contributed by atoms with Crippen molar-refractivity contribution in [3.8, 4) is 0 Å². The standard InChI is InChI=1S/C17H23NOS/c1-11-6-12(2)8-13(7-11)9-15(19)14-10-20-16(18-14)17(3,4)5/h6-8,10,15,19H,9H2,1-5H3. The number of aromatic nitrogens is 1. The van der Waals surface area contributed by atoms with Gasteiger partial charge in [-0.15, -0.1) is 11.3 Å². The fourth-order valence-electron chi connectivity index (χ4n) is 2.30. The van der Waals surface area contributed by atoms with Crippen LogP contribution >= 0.6 is 11.3 Å². The zero-order valence-corrected chi connectivity index (χ0v) is 13.7. The summed E-state index contributed by atoms with van der Waals surface area (Å²) >= 11 is 1.63. The van der Waals surface area contributed by atoms with Crippen molar-refractivity contribution >= 4 is 11.3 Å². The predicted octanol–water partition coefficient (Wildman–Crippen LogP) is 4.33. The van der Waals surface area contributed by atoms with Crippen LogP contribution in [0.2, 0.25) is 0 Å². The van der Waals surface area contributed by atoms with Crippen LogP contribution in [0.25, 0.3) is 0 Å². The van der Waals surface area contributed by atoms with Gasteiger partial charge in [-0.1, -0.05) is 50.1 Å². The zero-order chi connectivity index (χ0) is 14.9. The molecule has 0 aliphatic heterocycles. The zero-order valence-electron chi connectivity index (χ0n) is 12.9. The van der Waals surface area contributed by atoms with E-state index in [1.807, 2.05) is 5.38 Å². The minimum Gasteiger partial charge on any atom is -0.386 e. The number of rotatable bonds is 3. The highest BCUT2D eigenvalue weighted by atomic mass is 32.1. The van der Waals surface area contributed by atoms with E-state index in [4.69, 9.17) is 0 Å². The van der Waals surface area contributed by atoms with Gasteiger partial charge in [-0.05, 0) is 19.4 Å². The van der Waals surface area contributed by atoms with E-state index >= 15 is 0 Å². The molecule has 2 aromatic rings. The van der Waals surface area contributed by atoms with Crippen molar-refractivity contribution in [2.75, 3.05) is 0 Å². The van der Waals surface area contributed by atoms with E-state index in [-0.39, 0.29) is 5.41 Å². The normalized spacial score (nSPS) is 13.5. The molecule has 0 amide bonds. The van der Waals surface area contributed by atoms with Crippen LogP contribution in [0.1, 0.15) is 54.3 Å². The number of nitrogens with zero attached hydrogens (tertiary/aromatic N) is 1. The summed E-state index contributed by atoms with van der Waals surface area (Å²) in [5, 5.41) is 13.4. The van der Waals surface area contributed by atoms with Crippen LogP contribution in [-0.4, -0.2) is 10.1 Å². The van der Waals surface area contributed by atoms with E-state index < -0.39 is 6.10 Å². The Kier molecular flexibility index (Phi) is 4.31. The first kappa shape index (κ1) is 15.2. The van der Waals surface area contributed by atoms with Gasteiger partial charge in [0.15, 0.2) is 0 Å². The van der Waals surface area contributed by atoms with Gasteiger partial charge in [0.25, 0.3) is 0 Å². The van der Waals surface area contributed by atoms with Gasteiger partial charge >= 0.3 is 0 Å². The van der Waals surface area contributed by atoms with Gasteiger partial charge in [-0.2, -0.15) is 0 Å². The average molecular weight is 289 g/mol. The molecule has 20 heavy (non-hydrogen) atoms. The molecule has 0 aliphatic carbocycles. The summed E-state index contributed by atoms with van der Waals surface area (Å²) in [5.41, 5.74) is 4.48. The molecule has 1 atom stereocenters. The maximum absolute atomic E-state index is 10.4. The van der Waals surface area contributed by atoms with Crippen LogP contribution < -0.4 is 0 Å². The highest BCUT2D eigenvalue weighted by molar-refractivity contribution is 7.09. The third-order valence-corrected chi connectivity index (χ3v) is 4.50. The number of hydrogen-bond donors (Lipinski definition) is 1. The molecule has 2 nitrogen and oxygen atoms in total. The smallest absolute Gasteiger partial charge is 0.101 e. The molecule has 2 rings (SSSR count). The maximum atomic E-state index is 10.4. The van der Waals surface area contributed by atoms with Crippen molar-refractivity contribution < 1.29 is 5.11 Å². The van der Waals surface area contributed by atoms with E-state index in [1.54, 1.807) is 11.3 Å². The molecule has 1 N–H and O–H groups in total. The number of hydrogen-bond acceptors (Lipinski definition) is 3. The van der Waals surface area contributed by atoms with Crippen LogP contribution in [0.4, 0.5) is 0 Å². The van der Waals surface area contributed by atoms with Crippen molar-refractivity contribution in [2.45, 2.75) is 52.6 Å². The molecular formula is C17H23NOS. The summed E-state index contributed by atoms with van der Waals surface area (Å²) < 4.78 is 0. The largest absolute Gasteiger partial charge is 0.386 e. The van der Waals surface area contributed by atoms with Gasteiger partial charge in [0.05, 0.1) is 10.7 Å². The van der Waals surface area contributed by atoms with Gasteiger partial charge in [-0.3, -0.25) is 0 Å². The molecule has 1 aromatic carbocycles. The van der Waals surface area contributed by atoms with Crippen LogP contribution in [0.5, 0.6) is 0 Å². The summed E-state index contributed by atoms with van der Waals surface area (Å²) in [5.74, 6) is 0. The Morgan fingerprint density at radius 3 is 2.25 bits per heavy atom. The van der Waals surface area contributed by atoms with Gasteiger partial charge < -0.3 is 5.11 Å². The predicted molar refractivity (Wildman–Crippen MR) is 85.4 cm³/mol. The van der Waals surface area contributed by atoms with E-state index in [9.17, 15) is 5.11 Å². The van der Waals surface area contributed by atoms with E-state index in [0.29, 0.717) is 6.42 Å². The Morgan fingerprint density at radius 1 is 1.15 bits per heavy atom. The summed E-state index contributed by atoms with van der Waals surface area (Å²) in [4.78, 5) is 4.59. The number of aliphatic hydroxyl groups excluding tert-OH is 1. The Hall–Kier alpha value is -1.19. The Morgan fingerprint density at radius 2 is 1.75 bits per heavy atom. The van der Waals surface area contributed by atoms with Crippen molar-refractivity contribution in [2.24, 2.45) is 0 Å². The Bertz CT molecular complexity index is 575. The topological polar surface area (TPSA) is 33.1 Å².